The first-order chi connectivity index (χ1) is 8.26. The lowest BCUT2D eigenvalue weighted by atomic mass is 9.90. The van der Waals surface area contributed by atoms with Crippen LogP contribution in [0.4, 0.5) is 0 Å². The highest BCUT2D eigenvalue weighted by Gasteiger charge is 2.20. The monoisotopic (exact) mass is 234 g/mol. The van der Waals surface area contributed by atoms with E-state index in [1.807, 2.05) is 0 Å². The molecule has 0 spiro atoms. The van der Waals surface area contributed by atoms with E-state index in [-0.39, 0.29) is 12.6 Å². The minimum Gasteiger partial charge on any atom is -0.396 e. The van der Waals surface area contributed by atoms with Crippen molar-refractivity contribution in [3.05, 3.63) is 34.9 Å². The van der Waals surface area contributed by atoms with E-state index in [9.17, 15) is 0 Å². The molecule has 0 saturated heterocycles. The van der Waals surface area contributed by atoms with Crippen LogP contribution in [0.15, 0.2) is 18.2 Å². The van der Waals surface area contributed by atoms with Gasteiger partial charge in [0, 0.05) is 25.7 Å². The van der Waals surface area contributed by atoms with Crippen LogP contribution in [0, 0.1) is 0 Å². The third-order valence-electron chi connectivity index (χ3n) is 3.68. The van der Waals surface area contributed by atoms with E-state index in [1.54, 1.807) is 0 Å². The van der Waals surface area contributed by atoms with Gasteiger partial charge in [-0.3, -0.25) is 4.90 Å². The summed E-state index contributed by atoms with van der Waals surface area (Å²) in [5, 5.41) is 9.01. The van der Waals surface area contributed by atoms with E-state index in [2.05, 4.69) is 30.0 Å². The number of likely N-dealkylation sites (N-methyl/N-ethyl adjacent to an activating group) is 1. The highest BCUT2D eigenvalue weighted by molar-refractivity contribution is 5.38. The summed E-state index contributed by atoms with van der Waals surface area (Å²) in [6.45, 7) is 5.58. The fraction of sp³-hybridized carbons (Fsp3) is 0.571. The Morgan fingerprint density at radius 2 is 2.29 bits per heavy atom. The molecule has 0 bridgehead atoms. The normalized spacial score (nSPS) is 17.8. The Bertz CT molecular complexity index is 378. The van der Waals surface area contributed by atoms with Crippen LogP contribution in [0.3, 0.4) is 0 Å². The molecule has 3 nitrogen and oxygen atoms in total. The van der Waals surface area contributed by atoms with Crippen molar-refractivity contribution in [1.82, 2.24) is 4.90 Å². The van der Waals surface area contributed by atoms with E-state index in [1.165, 1.54) is 16.7 Å². The third-order valence-corrected chi connectivity index (χ3v) is 3.68. The molecule has 1 aromatic carbocycles. The number of benzene rings is 1. The van der Waals surface area contributed by atoms with Gasteiger partial charge in [0.25, 0.3) is 0 Å². The Labute approximate surface area is 103 Å². The molecule has 0 radical (unpaired) electrons. The topological polar surface area (TPSA) is 49.5 Å². The second kappa shape index (κ2) is 5.63. The lowest BCUT2D eigenvalue weighted by molar-refractivity contribution is 0.261. The Morgan fingerprint density at radius 3 is 3.00 bits per heavy atom. The van der Waals surface area contributed by atoms with Crippen LogP contribution in [0.5, 0.6) is 0 Å². The molecule has 0 amide bonds. The summed E-state index contributed by atoms with van der Waals surface area (Å²) >= 11 is 0. The number of rotatable bonds is 4. The minimum absolute atomic E-state index is 0.0354. The fourth-order valence-electron chi connectivity index (χ4n) is 2.57. The standard InChI is InChI=1S/C14H22N2O/c1-2-16-8-6-11-4-3-5-12(13(11)10-16)14(15)7-9-17/h3-5,14,17H,2,6-10,15H2,1H3. The zero-order valence-electron chi connectivity index (χ0n) is 10.5. The summed E-state index contributed by atoms with van der Waals surface area (Å²) in [5.41, 5.74) is 10.2. The van der Waals surface area contributed by atoms with Gasteiger partial charge in [-0.1, -0.05) is 25.1 Å². The van der Waals surface area contributed by atoms with Crippen molar-refractivity contribution in [3.8, 4) is 0 Å². The lowest BCUT2D eigenvalue weighted by Gasteiger charge is -2.30. The molecular formula is C14H22N2O. The van der Waals surface area contributed by atoms with E-state index in [0.29, 0.717) is 6.42 Å². The van der Waals surface area contributed by atoms with Gasteiger partial charge in [0.05, 0.1) is 0 Å². The van der Waals surface area contributed by atoms with Crippen LogP contribution in [0.2, 0.25) is 0 Å². The zero-order chi connectivity index (χ0) is 12.3. The van der Waals surface area contributed by atoms with E-state index in [4.69, 9.17) is 10.8 Å². The summed E-state index contributed by atoms with van der Waals surface area (Å²) in [5.74, 6) is 0. The number of nitrogens with two attached hydrogens (primary N) is 1. The molecule has 1 heterocycles. The molecule has 3 heteroatoms. The Hall–Kier alpha value is -0.900. The SMILES string of the molecule is CCN1CCc2cccc(C(N)CCO)c2C1. The summed E-state index contributed by atoms with van der Waals surface area (Å²) in [6.07, 6.45) is 1.76. The molecular weight excluding hydrogens is 212 g/mol. The van der Waals surface area contributed by atoms with Gasteiger partial charge in [-0.25, -0.2) is 0 Å². The second-order valence-corrected chi connectivity index (χ2v) is 4.72. The van der Waals surface area contributed by atoms with Crippen molar-refractivity contribution in [3.63, 3.8) is 0 Å². The van der Waals surface area contributed by atoms with Crippen LogP contribution >= 0.6 is 0 Å². The first-order valence-electron chi connectivity index (χ1n) is 6.45. The number of hydrogen-bond donors (Lipinski definition) is 2. The first kappa shape index (κ1) is 12.6. The molecule has 1 aromatic rings. The molecule has 17 heavy (non-hydrogen) atoms. The van der Waals surface area contributed by atoms with Crippen LogP contribution in [-0.2, 0) is 13.0 Å². The minimum atomic E-state index is -0.0354. The maximum Gasteiger partial charge on any atom is 0.0449 e. The number of aliphatic hydroxyl groups excluding tert-OH is 1. The van der Waals surface area contributed by atoms with Crippen molar-refractivity contribution < 1.29 is 5.11 Å². The van der Waals surface area contributed by atoms with Gasteiger partial charge >= 0.3 is 0 Å². The molecule has 0 fully saturated rings. The van der Waals surface area contributed by atoms with Crippen molar-refractivity contribution in [2.24, 2.45) is 5.73 Å². The molecule has 0 saturated carbocycles. The first-order valence-corrected chi connectivity index (χ1v) is 6.45. The zero-order valence-corrected chi connectivity index (χ0v) is 10.5. The van der Waals surface area contributed by atoms with E-state index in [0.717, 1.165) is 26.1 Å². The fourth-order valence-corrected chi connectivity index (χ4v) is 2.57. The average molecular weight is 234 g/mol. The summed E-state index contributed by atoms with van der Waals surface area (Å²) < 4.78 is 0. The van der Waals surface area contributed by atoms with Crippen molar-refractivity contribution in [1.29, 1.82) is 0 Å². The van der Waals surface area contributed by atoms with Crippen molar-refractivity contribution in [2.75, 3.05) is 19.7 Å². The maximum absolute atomic E-state index is 9.01. The maximum atomic E-state index is 9.01. The Kier molecular flexibility index (Phi) is 4.15. The predicted molar refractivity (Wildman–Crippen MR) is 69.7 cm³/mol. The summed E-state index contributed by atoms with van der Waals surface area (Å²) in [4.78, 5) is 2.44. The second-order valence-electron chi connectivity index (χ2n) is 4.72. The van der Waals surface area contributed by atoms with Crippen molar-refractivity contribution >= 4 is 0 Å². The molecule has 1 unspecified atom stereocenters. The van der Waals surface area contributed by atoms with Crippen LogP contribution in [0.25, 0.3) is 0 Å². The predicted octanol–water partition coefficient (Wildman–Crippen LogP) is 1.45. The Morgan fingerprint density at radius 1 is 1.47 bits per heavy atom. The van der Waals surface area contributed by atoms with Crippen LogP contribution in [-0.4, -0.2) is 29.7 Å². The molecule has 0 aromatic heterocycles. The molecule has 3 N–H and O–H groups in total. The van der Waals surface area contributed by atoms with Gasteiger partial charge in [0.2, 0.25) is 0 Å². The smallest absolute Gasteiger partial charge is 0.0449 e. The van der Waals surface area contributed by atoms with Gasteiger partial charge in [-0.05, 0) is 36.1 Å². The van der Waals surface area contributed by atoms with Gasteiger partial charge in [-0.15, -0.1) is 0 Å². The summed E-state index contributed by atoms with van der Waals surface area (Å²) in [7, 11) is 0. The number of hydrogen-bond acceptors (Lipinski definition) is 3. The average Bonchev–Trinajstić information content (AvgIpc) is 2.37. The molecule has 94 valence electrons. The van der Waals surface area contributed by atoms with E-state index < -0.39 is 0 Å². The van der Waals surface area contributed by atoms with Crippen LogP contribution < -0.4 is 5.73 Å². The Balaban J connectivity index is 2.28. The highest BCUT2D eigenvalue weighted by atomic mass is 16.3. The lowest BCUT2D eigenvalue weighted by Crippen LogP contribution is -2.31. The van der Waals surface area contributed by atoms with Crippen molar-refractivity contribution in [2.45, 2.75) is 32.4 Å². The largest absolute Gasteiger partial charge is 0.396 e. The molecule has 0 aliphatic carbocycles. The number of fused-ring (bicyclic) bond motifs is 1. The van der Waals surface area contributed by atoms with Gasteiger partial charge < -0.3 is 10.8 Å². The molecule has 1 aliphatic heterocycles. The molecule has 1 atom stereocenters. The number of aliphatic hydroxyl groups is 1. The third kappa shape index (κ3) is 2.68. The highest BCUT2D eigenvalue weighted by Crippen LogP contribution is 2.27. The number of nitrogens with zero attached hydrogens (tertiary/aromatic N) is 1. The van der Waals surface area contributed by atoms with Gasteiger partial charge in [0.1, 0.15) is 0 Å². The molecule has 2 rings (SSSR count). The van der Waals surface area contributed by atoms with Gasteiger partial charge in [0.15, 0.2) is 0 Å². The van der Waals surface area contributed by atoms with Gasteiger partial charge in [-0.2, -0.15) is 0 Å². The summed E-state index contributed by atoms with van der Waals surface area (Å²) in [6, 6.07) is 6.37. The van der Waals surface area contributed by atoms with E-state index >= 15 is 0 Å². The molecule has 1 aliphatic rings. The van der Waals surface area contributed by atoms with Crippen LogP contribution in [0.1, 0.15) is 36.1 Å². The quantitative estimate of drug-likeness (QED) is 0.829.